The molecule has 2 aromatic carbocycles. The quantitative estimate of drug-likeness (QED) is 0.527. The van der Waals surface area contributed by atoms with E-state index in [-0.39, 0.29) is 11.9 Å². The molecule has 0 radical (unpaired) electrons. The molecule has 0 aromatic heterocycles. The van der Waals surface area contributed by atoms with E-state index in [9.17, 15) is 14.0 Å². The molecule has 1 atom stereocenters. The standard InChI is InChI=1S/C26H37FN6O2/c1-30(2)14-13-28-25(34)26(35)29-19-24(20-5-9-22(10-6-20)31(3)4)33-17-15-32(16-18-33)23-11-7-21(27)8-12-23/h5-12,24H,13-19H2,1-4H3,(H,28,34)(H,29,35). The fraction of sp³-hybridized carbons (Fsp3) is 0.462. The molecule has 9 heteroatoms. The largest absolute Gasteiger partial charge is 0.378 e. The second kappa shape index (κ2) is 12.5. The fourth-order valence-corrected chi connectivity index (χ4v) is 4.14. The summed E-state index contributed by atoms with van der Waals surface area (Å²) < 4.78 is 13.3. The van der Waals surface area contributed by atoms with Crippen LogP contribution in [-0.4, -0.2) is 95.6 Å². The number of carbonyl (C=O) groups is 2. The molecular weight excluding hydrogens is 447 g/mol. The van der Waals surface area contributed by atoms with Crippen LogP contribution in [-0.2, 0) is 9.59 Å². The van der Waals surface area contributed by atoms with Crippen LogP contribution in [0.1, 0.15) is 11.6 Å². The highest BCUT2D eigenvalue weighted by atomic mass is 19.1. The van der Waals surface area contributed by atoms with Gasteiger partial charge in [-0.2, -0.15) is 0 Å². The highest BCUT2D eigenvalue weighted by Crippen LogP contribution is 2.26. The molecule has 190 valence electrons. The van der Waals surface area contributed by atoms with Crippen molar-refractivity contribution in [2.75, 3.05) is 83.8 Å². The summed E-state index contributed by atoms with van der Waals surface area (Å²) in [5, 5.41) is 5.49. The lowest BCUT2D eigenvalue weighted by atomic mass is 10.0. The van der Waals surface area contributed by atoms with Gasteiger partial charge < -0.3 is 25.3 Å². The van der Waals surface area contributed by atoms with Crippen molar-refractivity contribution in [3.8, 4) is 0 Å². The average Bonchev–Trinajstić information content (AvgIpc) is 2.85. The molecule has 1 unspecified atom stereocenters. The zero-order valence-electron chi connectivity index (χ0n) is 21.1. The maximum absolute atomic E-state index is 13.3. The summed E-state index contributed by atoms with van der Waals surface area (Å²) in [6.07, 6.45) is 0. The van der Waals surface area contributed by atoms with E-state index >= 15 is 0 Å². The molecule has 0 saturated carbocycles. The first-order valence-corrected chi connectivity index (χ1v) is 12.0. The number of amides is 2. The lowest BCUT2D eigenvalue weighted by molar-refractivity contribution is -0.139. The van der Waals surface area contributed by atoms with Gasteiger partial charge in [0.15, 0.2) is 0 Å². The van der Waals surface area contributed by atoms with E-state index in [0.717, 1.165) is 43.1 Å². The van der Waals surface area contributed by atoms with Crippen molar-refractivity contribution in [1.82, 2.24) is 20.4 Å². The second-order valence-corrected chi connectivity index (χ2v) is 9.27. The van der Waals surface area contributed by atoms with E-state index in [4.69, 9.17) is 0 Å². The van der Waals surface area contributed by atoms with Gasteiger partial charge in [-0.3, -0.25) is 14.5 Å². The Morgan fingerprint density at radius 2 is 1.49 bits per heavy atom. The molecule has 0 spiro atoms. The van der Waals surface area contributed by atoms with Crippen LogP contribution in [0.3, 0.4) is 0 Å². The Hall–Kier alpha value is -3.17. The number of piperazine rings is 1. The van der Waals surface area contributed by atoms with Crippen molar-refractivity contribution in [2.45, 2.75) is 6.04 Å². The number of benzene rings is 2. The Kier molecular flexibility index (Phi) is 9.45. The van der Waals surface area contributed by atoms with Gasteiger partial charge in [-0.15, -0.1) is 0 Å². The van der Waals surface area contributed by atoms with Crippen LogP contribution in [0.5, 0.6) is 0 Å². The molecular formula is C26H37FN6O2. The maximum Gasteiger partial charge on any atom is 0.309 e. The zero-order chi connectivity index (χ0) is 25.4. The lowest BCUT2D eigenvalue weighted by Gasteiger charge is -2.40. The maximum atomic E-state index is 13.3. The Morgan fingerprint density at radius 3 is 2.06 bits per heavy atom. The van der Waals surface area contributed by atoms with Gasteiger partial charge in [-0.1, -0.05) is 12.1 Å². The summed E-state index contributed by atoms with van der Waals surface area (Å²) in [4.78, 5) is 33.2. The van der Waals surface area contributed by atoms with E-state index in [0.29, 0.717) is 19.6 Å². The van der Waals surface area contributed by atoms with Crippen molar-refractivity contribution < 1.29 is 14.0 Å². The fourth-order valence-electron chi connectivity index (χ4n) is 4.14. The number of nitrogens with one attached hydrogen (secondary N) is 2. The van der Waals surface area contributed by atoms with Crippen LogP contribution in [0, 0.1) is 5.82 Å². The third kappa shape index (κ3) is 7.66. The van der Waals surface area contributed by atoms with Crippen LogP contribution in [0.15, 0.2) is 48.5 Å². The molecule has 3 rings (SSSR count). The molecule has 2 amide bonds. The van der Waals surface area contributed by atoms with E-state index in [1.165, 1.54) is 12.1 Å². The predicted octanol–water partition coefficient (Wildman–Crippen LogP) is 1.55. The number of likely N-dealkylation sites (N-methyl/N-ethyl adjacent to an activating group) is 1. The zero-order valence-corrected chi connectivity index (χ0v) is 21.1. The summed E-state index contributed by atoms with van der Waals surface area (Å²) in [6.45, 7) is 4.55. The SMILES string of the molecule is CN(C)CCNC(=O)C(=O)NCC(c1ccc(N(C)C)cc1)N1CCN(c2ccc(F)cc2)CC1. The number of carbonyl (C=O) groups excluding carboxylic acids is 2. The number of anilines is 2. The number of rotatable bonds is 9. The van der Waals surface area contributed by atoms with Crippen LogP contribution >= 0.6 is 0 Å². The minimum absolute atomic E-state index is 0.0693. The molecule has 1 aliphatic heterocycles. The summed E-state index contributed by atoms with van der Waals surface area (Å²) in [5.41, 5.74) is 3.18. The molecule has 2 aromatic rings. The third-order valence-corrected chi connectivity index (χ3v) is 6.25. The van der Waals surface area contributed by atoms with Gasteiger partial charge in [0.25, 0.3) is 0 Å². The third-order valence-electron chi connectivity index (χ3n) is 6.25. The van der Waals surface area contributed by atoms with Gasteiger partial charge >= 0.3 is 11.8 Å². The highest BCUT2D eigenvalue weighted by molar-refractivity contribution is 6.35. The Bertz CT molecular complexity index is 957. The Balaban J connectivity index is 1.66. The van der Waals surface area contributed by atoms with Crippen LogP contribution < -0.4 is 20.4 Å². The van der Waals surface area contributed by atoms with Crippen molar-refractivity contribution in [3.05, 3.63) is 59.9 Å². The first kappa shape index (κ1) is 26.4. The summed E-state index contributed by atoms with van der Waals surface area (Å²) >= 11 is 0. The Morgan fingerprint density at radius 1 is 0.886 bits per heavy atom. The van der Waals surface area contributed by atoms with Crippen LogP contribution in [0.2, 0.25) is 0 Å². The van der Waals surface area contributed by atoms with Crippen molar-refractivity contribution in [1.29, 1.82) is 0 Å². The number of halogens is 1. The lowest BCUT2D eigenvalue weighted by Crippen LogP contribution is -2.51. The number of hydrogen-bond acceptors (Lipinski definition) is 6. The van der Waals surface area contributed by atoms with Gasteiger partial charge in [0, 0.05) is 71.3 Å². The molecule has 1 fully saturated rings. The van der Waals surface area contributed by atoms with Gasteiger partial charge in [0.2, 0.25) is 0 Å². The van der Waals surface area contributed by atoms with Crippen molar-refractivity contribution in [3.63, 3.8) is 0 Å². The minimum atomic E-state index is -0.622. The summed E-state index contributed by atoms with van der Waals surface area (Å²) in [6, 6.07) is 14.8. The van der Waals surface area contributed by atoms with Gasteiger partial charge in [0.1, 0.15) is 5.82 Å². The van der Waals surface area contributed by atoms with Gasteiger partial charge in [-0.05, 0) is 56.1 Å². The summed E-state index contributed by atoms with van der Waals surface area (Å²) in [5.74, 6) is -1.48. The van der Waals surface area contributed by atoms with Crippen molar-refractivity contribution >= 4 is 23.2 Å². The van der Waals surface area contributed by atoms with Crippen molar-refractivity contribution in [2.24, 2.45) is 0 Å². The molecule has 0 bridgehead atoms. The molecule has 1 heterocycles. The van der Waals surface area contributed by atoms with E-state index < -0.39 is 11.8 Å². The monoisotopic (exact) mass is 484 g/mol. The van der Waals surface area contributed by atoms with E-state index in [1.54, 1.807) is 12.1 Å². The normalized spacial score (nSPS) is 15.1. The first-order valence-electron chi connectivity index (χ1n) is 12.0. The molecule has 0 aliphatic carbocycles. The van der Waals surface area contributed by atoms with Gasteiger partial charge in [-0.25, -0.2) is 4.39 Å². The molecule has 8 nitrogen and oxygen atoms in total. The number of nitrogens with zero attached hydrogens (tertiary/aromatic N) is 4. The van der Waals surface area contributed by atoms with E-state index in [1.807, 2.05) is 38.0 Å². The first-order chi connectivity index (χ1) is 16.7. The topological polar surface area (TPSA) is 71.2 Å². The number of hydrogen-bond donors (Lipinski definition) is 2. The highest BCUT2D eigenvalue weighted by Gasteiger charge is 2.26. The molecule has 1 aliphatic rings. The van der Waals surface area contributed by atoms with Gasteiger partial charge in [0.05, 0.1) is 6.04 Å². The van der Waals surface area contributed by atoms with Crippen LogP contribution in [0.4, 0.5) is 15.8 Å². The summed E-state index contributed by atoms with van der Waals surface area (Å²) in [7, 11) is 7.81. The molecule has 35 heavy (non-hydrogen) atoms. The molecule has 1 saturated heterocycles. The predicted molar refractivity (Wildman–Crippen MR) is 138 cm³/mol. The smallest absolute Gasteiger partial charge is 0.309 e. The minimum Gasteiger partial charge on any atom is -0.378 e. The molecule has 2 N–H and O–H groups in total. The van der Waals surface area contributed by atoms with Crippen LogP contribution in [0.25, 0.3) is 0 Å². The Labute approximate surface area is 207 Å². The second-order valence-electron chi connectivity index (χ2n) is 9.27. The van der Waals surface area contributed by atoms with E-state index in [2.05, 4.69) is 44.7 Å². The average molecular weight is 485 g/mol.